The molecule has 0 aliphatic rings. The third-order valence-electron chi connectivity index (χ3n) is 1.80. The molecule has 0 fully saturated rings. The third kappa shape index (κ3) is 2.32. The van der Waals surface area contributed by atoms with E-state index < -0.39 is 40.6 Å². The highest BCUT2D eigenvalue weighted by Crippen LogP contribution is 2.37. The molecule has 7 heteroatoms. The Hall–Kier alpha value is -1.17. The molecule has 0 saturated carbocycles. The molecule has 88 valence electrons. The normalized spacial score (nSPS) is 11.6. The van der Waals surface area contributed by atoms with Crippen molar-refractivity contribution in [2.45, 2.75) is 6.18 Å². The van der Waals surface area contributed by atoms with E-state index in [4.69, 9.17) is 11.6 Å². The first-order valence-corrected chi connectivity index (χ1v) is 4.31. The quantitative estimate of drug-likeness (QED) is 0.584. The van der Waals surface area contributed by atoms with E-state index in [0.717, 1.165) is 0 Å². The van der Waals surface area contributed by atoms with Gasteiger partial charge in [0.2, 0.25) is 0 Å². The summed E-state index contributed by atoms with van der Waals surface area (Å²) in [4.78, 5) is 10.9. The van der Waals surface area contributed by atoms with E-state index in [1.807, 2.05) is 0 Å². The van der Waals surface area contributed by atoms with E-state index in [0.29, 0.717) is 12.1 Å². The van der Waals surface area contributed by atoms with Crippen LogP contribution in [0.2, 0.25) is 5.02 Å². The van der Waals surface area contributed by atoms with E-state index in [-0.39, 0.29) is 0 Å². The second-order valence-corrected chi connectivity index (χ2v) is 3.22. The summed E-state index contributed by atoms with van der Waals surface area (Å²) in [6.07, 6.45) is -4.82. The Kier molecular flexibility index (Phi) is 3.52. The molecule has 1 rings (SSSR count). The van der Waals surface area contributed by atoms with Crippen molar-refractivity contribution in [3.8, 4) is 0 Å². The van der Waals surface area contributed by atoms with Gasteiger partial charge in [-0.3, -0.25) is 4.79 Å². The Bertz CT molecular complexity index is 427. The average molecular weight is 259 g/mol. The number of hydrogen-bond donors (Lipinski definition) is 0. The number of Topliss-reactive ketones (excluding diaryl/α,β-unsaturated/α-hetero) is 1. The molecule has 16 heavy (non-hydrogen) atoms. The lowest BCUT2D eigenvalue weighted by Crippen LogP contribution is -2.12. The minimum atomic E-state index is -4.82. The Morgan fingerprint density at radius 1 is 1.31 bits per heavy atom. The van der Waals surface area contributed by atoms with Gasteiger partial charge in [-0.25, -0.2) is 8.78 Å². The molecular weight excluding hydrogens is 255 g/mol. The highest BCUT2D eigenvalue weighted by molar-refractivity contribution is 6.34. The van der Waals surface area contributed by atoms with Gasteiger partial charge in [-0.05, 0) is 12.1 Å². The molecule has 0 radical (unpaired) electrons. The minimum Gasteiger partial charge on any atom is -0.291 e. The van der Waals surface area contributed by atoms with Gasteiger partial charge in [0, 0.05) is 0 Å². The van der Waals surface area contributed by atoms with E-state index >= 15 is 0 Å². The zero-order chi connectivity index (χ0) is 12.5. The van der Waals surface area contributed by atoms with Crippen LogP contribution in [0.1, 0.15) is 15.9 Å². The zero-order valence-electron chi connectivity index (χ0n) is 7.54. The molecule has 1 aromatic rings. The lowest BCUT2D eigenvalue weighted by molar-refractivity contribution is -0.137. The number of halogens is 6. The van der Waals surface area contributed by atoms with Crippen LogP contribution in [0.15, 0.2) is 12.1 Å². The number of rotatable bonds is 2. The molecule has 0 amide bonds. The third-order valence-corrected chi connectivity index (χ3v) is 2.19. The maximum atomic E-state index is 13.0. The number of carbonyl (C=O) groups excluding carboxylic acids is 1. The van der Waals surface area contributed by atoms with Crippen LogP contribution in [0.3, 0.4) is 0 Å². The van der Waals surface area contributed by atoms with Crippen molar-refractivity contribution in [3.63, 3.8) is 0 Å². The van der Waals surface area contributed by atoms with Crippen molar-refractivity contribution in [1.29, 1.82) is 0 Å². The molecule has 0 aliphatic carbocycles. The van der Waals surface area contributed by atoms with Gasteiger partial charge in [0.05, 0.1) is 16.1 Å². The first kappa shape index (κ1) is 12.9. The molecular formula is C9H4ClF5O. The Labute approximate surface area is 91.8 Å². The van der Waals surface area contributed by atoms with Crippen molar-refractivity contribution in [2.24, 2.45) is 0 Å². The Balaban J connectivity index is 3.45. The van der Waals surface area contributed by atoms with Crippen LogP contribution >= 0.6 is 11.6 Å². The maximum absolute atomic E-state index is 13.0. The minimum absolute atomic E-state index is 0.396. The smallest absolute Gasteiger partial charge is 0.291 e. The second-order valence-electron chi connectivity index (χ2n) is 2.84. The molecule has 0 bridgehead atoms. The largest absolute Gasteiger partial charge is 0.417 e. The van der Waals surface area contributed by atoms with Gasteiger partial charge < -0.3 is 0 Å². The molecule has 1 aromatic carbocycles. The number of carbonyl (C=O) groups is 1. The van der Waals surface area contributed by atoms with Crippen LogP contribution in [0.25, 0.3) is 0 Å². The molecule has 0 unspecified atom stereocenters. The fourth-order valence-electron chi connectivity index (χ4n) is 1.09. The monoisotopic (exact) mass is 258 g/mol. The van der Waals surface area contributed by atoms with Crippen molar-refractivity contribution in [3.05, 3.63) is 34.1 Å². The van der Waals surface area contributed by atoms with Crippen molar-refractivity contribution < 1.29 is 26.7 Å². The van der Waals surface area contributed by atoms with Crippen LogP contribution < -0.4 is 0 Å². The zero-order valence-corrected chi connectivity index (χ0v) is 8.29. The van der Waals surface area contributed by atoms with Crippen LogP contribution in [0.4, 0.5) is 22.0 Å². The van der Waals surface area contributed by atoms with E-state index in [2.05, 4.69) is 0 Å². The van der Waals surface area contributed by atoms with Crippen molar-refractivity contribution >= 4 is 17.4 Å². The average Bonchev–Trinajstić information content (AvgIpc) is 2.15. The van der Waals surface area contributed by atoms with E-state index in [1.54, 1.807) is 0 Å². The van der Waals surface area contributed by atoms with Gasteiger partial charge in [-0.15, -0.1) is 0 Å². The fourth-order valence-corrected chi connectivity index (χ4v) is 1.46. The van der Waals surface area contributed by atoms with Crippen molar-refractivity contribution in [1.82, 2.24) is 0 Å². The highest BCUT2D eigenvalue weighted by atomic mass is 35.5. The maximum Gasteiger partial charge on any atom is 0.417 e. The summed E-state index contributed by atoms with van der Waals surface area (Å²) in [5, 5.41) is -1.12. The summed E-state index contributed by atoms with van der Waals surface area (Å²) < 4.78 is 62.0. The first-order chi connectivity index (χ1) is 7.29. The summed E-state index contributed by atoms with van der Waals surface area (Å²) in [6.45, 7) is -1.61. The van der Waals surface area contributed by atoms with Crippen LogP contribution in [0.5, 0.6) is 0 Å². The lowest BCUT2D eigenvalue weighted by atomic mass is 10.1. The summed E-state index contributed by atoms with van der Waals surface area (Å²) in [5.74, 6) is -2.70. The predicted octanol–water partition coefficient (Wildman–Crippen LogP) is 3.65. The Morgan fingerprint density at radius 3 is 2.31 bits per heavy atom. The number of hydrogen-bond acceptors (Lipinski definition) is 1. The molecule has 0 heterocycles. The summed E-state index contributed by atoms with van der Waals surface area (Å²) in [6, 6.07) is 0.824. The topological polar surface area (TPSA) is 17.1 Å². The lowest BCUT2D eigenvalue weighted by Gasteiger charge is -2.11. The summed E-state index contributed by atoms with van der Waals surface area (Å²) >= 11 is 5.22. The molecule has 0 aliphatic heterocycles. The van der Waals surface area contributed by atoms with Gasteiger partial charge in [-0.2, -0.15) is 13.2 Å². The highest BCUT2D eigenvalue weighted by Gasteiger charge is 2.35. The van der Waals surface area contributed by atoms with Gasteiger partial charge in [0.15, 0.2) is 12.5 Å². The number of ketones is 1. The van der Waals surface area contributed by atoms with Gasteiger partial charge in [-0.1, -0.05) is 11.6 Å². The number of alkyl halides is 4. The summed E-state index contributed by atoms with van der Waals surface area (Å²) in [7, 11) is 0. The first-order valence-electron chi connectivity index (χ1n) is 3.93. The molecule has 0 spiro atoms. The van der Waals surface area contributed by atoms with Gasteiger partial charge in [0.25, 0.3) is 0 Å². The SMILES string of the molecule is O=C(CF)c1c(F)ccc(C(F)(F)F)c1Cl. The van der Waals surface area contributed by atoms with E-state index in [1.165, 1.54) is 0 Å². The summed E-state index contributed by atoms with van der Waals surface area (Å²) in [5.41, 5.74) is -2.44. The van der Waals surface area contributed by atoms with Gasteiger partial charge in [0.1, 0.15) is 5.82 Å². The van der Waals surface area contributed by atoms with Crippen LogP contribution in [-0.2, 0) is 6.18 Å². The second kappa shape index (κ2) is 4.37. The molecule has 0 N–H and O–H groups in total. The predicted molar refractivity (Wildman–Crippen MR) is 46.7 cm³/mol. The van der Waals surface area contributed by atoms with Gasteiger partial charge >= 0.3 is 6.18 Å². The number of benzene rings is 1. The Morgan fingerprint density at radius 2 is 1.88 bits per heavy atom. The standard InChI is InChI=1S/C9H4ClF5O/c10-8-4(9(13,14)15)1-2-5(12)7(8)6(16)3-11/h1-2H,3H2. The molecule has 0 atom stereocenters. The van der Waals surface area contributed by atoms with E-state index in [9.17, 15) is 26.7 Å². The molecule has 0 aromatic heterocycles. The fraction of sp³-hybridized carbons (Fsp3) is 0.222. The van der Waals surface area contributed by atoms with Crippen LogP contribution in [-0.4, -0.2) is 12.5 Å². The molecule has 1 nitrogen and oxygen atoms in total. The van der Waals surface area contributed by atoms with Crippen molar-refractivity contribution in [2.75, 3.05) is 6.67 Å². The van der Waals surface area contributed by atoms with Crippen LogP contribution in [0, 0.1) is 5.82 Å². The molecule has 0 saturated heterocycles.